The normalized spacial score (nSPS) is 11.9. The average Bonchev–Trinajstić information content (AvgIpc) is 3.16. The Labute approximate surface area is 175 Å². The second-order valence-electron chi connectivity index (χ2n) is 7.28. The smallest absolute Gasteiger partial charge is 0.274 e. The molecule has 0 aliphatic rings. The zero-order chi connectivity index (χ0) is 21.7. The Morgan fingerprint density at radius 3 is 2.50 bits per heavy atom. The molecule has 0 aliphatic carbocycles. The van der Waals surface area contributed by atoms with Crippen LogP contribution in [-0.4, -0.2) is 24.7 Å². The monoisotopic (exact) mass is 411 g/mol. The van der Waals surface area contributed by atoms with E-state index in [1.807, 2.05) is 19.9 Å². The maximum Gasteiger partial charge on any atom is 0.274 e. The summed E-state index contributed by atoms with van der Waals surface area (Å²) in [6.45, 7) is 6.84. The van der Waals surface area contributed by atoms with Crippen LogP contribution < -0.4 is 15.4 Å². The third kappa shape index (κ3) is 5.24. The van der Waals surface area contributed by atoms with Crippen molar-refractivity contribution in [1.82, 2.24) is 15.8 Å². The Balaban J connectivity index is 1.72. The fourth-order valence-corrected chi connectivity index (χ4v) is 3.26. The highest BCUT2D eigenvalue weighted by Gasteiger charge is 2.18. The van der Waals surface area contributed by atoms with Gasteiger partial charge >= 0.3 is 0 Å². The standard InChI is InChI=1S/C23H26FN3O3/c1-14-10-22(29-4)15(2)9-18(14)12-25-13-21(17-5-7-19(24)8-6-17)26-23(28)20-11-16(3)30-27-20/h5-11,21,25H,12-13H2,1-4H3,(H,26,28). The van der Waals surface area contributed by atoms with Gasteiger partial charge in [-0.3, -0.25) is 4.79 Å². The number of hydrogen-bond acceptors (Lipinski definition) is 5. The van der Waals surface area contributed by atoms with Crippen LogP contribution in [-0.2, 0) is 6.54 Å². The van der Waals surface area contributed by atoms with Crippen molar-refractivity contribution < 1.29 is 18.4 Å². The van der Waals surface area contributed by atoms with Crippen molar-refractivity contribution in [2.75, 3.05) is 13.7 Å². The molecule has 0 fully saturated rings. The molecule has 1 aromatic heterocycles. The van der Waals surface area contributed by atoms with Gasteiger partial charge in [0, 0.05) is 19.2 Å². The number of aromatic nitrogens is 1. The molecule has 1 heterocycles. The van der Waals surface area contributed by atoms with Crippen LogP contribution in [0, 0.1) is 26.6 Å². The number of halogens is 1. The molecular formula is C23H26FN3O3. The van der Waals surface area contributed by atoms with Crippen molar-refractivity contribution in [2.24, 2.45) is 0 Å². The number of nitrogens with zero attached hydrogens (tertiary/aromatic N) is 1. The topological polar surface area (TPSA) is 76.4 Å². The van der Waals surface area contributed by atoms with Gasteiger partial charge in [-0.05, 0) is 61.2 Å². The maximum atomic E-state index is 13.4. The third-order valence-electron chi connectivity index (χ3n) is 4.96. The van der Waals surface area contributed by atoms with Crippen LogP contribution in [0.2, 0.25) is 0 Å². The summed E-state index contributed by atoms with van der Waals surface area (Å²) < 4.78 is 23.7. The number of carbonyl (C=O) groups excluding carboxylic acids is 1. The summed E-state index contributed by atoms with van der Waals surface area (Å²) >= 11 is 0. The molecule has 7 heteroatoms. The first-order valence-electron chi connectivity index (χ1n) is 9.72. The van der Waals surface area contributed by atoms with E-state index in [1.165, 1.54) is 12.1 Å². The van der Waals surface area contributed by atoms with Crippen molar-refractivity contribution >= 4 is 5.91 Å². The molecule has 2 aromatic carbocycles. The van der Waals surface area contributed by atoms with E-state index in [2.05, 4.69) is 21.9 Å². The molecule has 3 aromatic rings. The van der Waals surface area contributed by atoms with Gasteiger partial charge < -0.3 is 19.9 Å². The lowest BCUT2D eigenvalue weighted by molar-refractivity contribution is 0.0927. The van der Waals surface area contributed by atoms with Gasteiger partial charge in [-0.15, -0.1) is 0 Å². The molecule has 2 N–H and O–H groups in total. The van der Waals surface area contributed by atoms with Crippen LogP contribution in [0.15, 0.2) is 47.0 Å². The summed E-state index contributed by atoms with van der Waals surface area (Å²) in [4.78, 5) is 12.6. The van der Waals surface area contributed by atoms with Crippen LogP contribution in [0.4, 0.5) is 4.39 Å². The Morgan fingerprint density at radius 2 is 1.87 bits per heavy atom. The van der Waals surface area contributed by atoms with E-state index in [4.69, 9.17) is 9.26 Å². The van der Waals surface area contributed by atoms with Crippen molar-refractivity contribution in [1.29, 1.82) is 0 Å². The molecule has 0 saturated carbocycles. The quantitative estimate of drug-likeness (QED) is 0.586. The summed E-state index contributed by atoms with van der Waals surface area (Å²) in [6.07, 6.45) is 0. The lowest BCUT2D eigenvalue weighted by atomic mass is 10.0. The van der Waals surface area contributed by atoms with E-state index in [0.717, 1.165) is 28.0 Å². The van der Waals surface area contributed by atoms with Gasteiger partial charge in [0.25, 0.3) is 5.91 Å². The van der Waals surface area contributed by atoms with Gasteiger partial charge in [0.15, 0.2) is 5.69 Å². The Kier molecular flexibility index (Phi) is 6.84. The highest BCUT2D eigenvalue weighted by Crippen LogP contribution is 2.22. The van der Waals surface area contributed by atoms with Gasteiger partial charge in [0.05, 0.1) is 13.2 Å². The fourth-order valence-electron chi connectivity index (χ4n) is 3.26. The van der Waals surface area contributed by atoms with E-state index in [-0.39, 0.29) is 23.5 Å². The van der Waals surface area contributed by atoms with Gasteiger partial charge in [0.1, 0.15) is 17.3 Å². The molecule has 1 atom stereocenters. The lowest BCUT2D eigenvalue weighted by Gasteiger charge is -2.20. The second-order valence-corrected chi connectivity index (χ2v) is 7.28. The third-order valence-corrected chi connectivity index (χ3v) is 4.96. The first-order valence-corrected chi connectivity index (χ1v) is 9.72. The first-order chi connectivity index (χ1) is 14.4. The van der Waals surface area contributed by atoms with Crippen molar-refractivity contribution in [2.45, 2.75) is 33.4 Å². The Morgan fingerprint density at radius 1 is 1.13 bits per heavy atom. The molecule has 0 saturated heterocycles. The zero-order valence-corrected chi connectivity index (χ0v) is 17.6. The fraction of sp³-hybridized carbons (Fsp3) is 0.304. The average molecular weight is 411 g/mol. The highest BCUT2D eigenvalue weighted by atomic mass is 19.1. The van der Waals surface area contributed by atoms with Crippen LogP contribution in [0.25, 0.3) is 0 Å². The summed E-state index contributed by atoms with van der Waals surface area (Å²) in [5, 5.41) is 10.1. The van der Waals surface area contributed by atoms with Crippen LogP contribution in [0.1, 0.15) is 44.5 Å². The molecular weight excluding hydrogens is 385 g/mol. The van der Waals surface area contributed by atoms with Crippen molar-refractivity contribution in [3.05, 3.63) is 82.0 Å². The molecule has 158 valence electrons. The number of carbonyl (C=O) groups is 1. The summed E-state index contributed by atoms with van der Waals surface area (Å²) in [7, 11) is 1.66. The molecule has 1 amide bonds. The number of ether oxygens (including phenoxy) is 1. The minimum atomic E-state index is -0.366. The van der Waals surface area contributed by atoms with E-state index >= 15 is 0 Å². The number of benzene rings is 2. The molecule has 6 nitrogen and oxygen atoms in total. The zero-order valence-electron chi connectivity index (χ0n) is 17.6. The van der Waals surface area contributed by atoms with Gasteiger partial charge in [0.2, 0.25) is 0 Å². The number of methoxy groups -OCH3 is 1. The first kappa shape index (κ1) is 21.5. The van der Waals surface area contributed by atoms with Gasteiger partial charge in [-0.2, -0.15) is 0 Å². The number of nitrogens with one attached hydrogen (secondary N) is 2. The second kappa shape index (κ2) is 9.54. The number of rotatable bonds is 8. The van der Waals surface area contributed by atoms with E-state index in [9.17, 15) is 9.18 Å². The molecule has 0 bridgehead atoms. The van der Waals surface area contributed by atoms with Crippen molar-refractivity contribution in [3.63, 3.8) is 0 Å². The Bertz CT molecular complexity index is 1020. The predicted octanol–water partition coefficient (Wildman–Crippen LogP) is 4.01. The van der Waals surface area contributed by atoms with Crippen LogP contribution >= 0.6 is 0 Å². The summed E-state index contributed by atoms with van der Waals surface area (Å²) in [5.74, 6) is 0.741. The van der Waals surface area contributed by atoms with Crippen molar-refractivity contribution in [3.8, 4) is 5.75 Å². The van der Waals surface area contributed by atoms with E-state index < -0.39 is 0 Å². The maximum absolute atomic E-state index is 13.4. The minimum Gasteiger partial charge on any atom is -0.496 e. The SMILES string of the molecule is COc1cc(C)c(CNCC(NC(=O)c2cc(C)on2)c2ccc(F)cc2)cc1C. The van der Waals surface area contributed by atoms with E-state index in [0.29, 0.717) is 18.8 Å². The minimum absolute atomic E-state index is 0.209. The summed E-state index contributed by atoms with van der Waals surface area (Å²) in [6, 6.07) is 11.4. The number of aryl methyl sites for hydroxylation is 3. The van der Waals surface area contributed by atoms with Crippen LogP contribution in [0.3, 0.4) is 0 Å². The highest BCUT2D eigenvalue weighted by molar-refractivity contribution is 5.92. The Hall–Kier alpha value is -3.19. The molecule has 0 spiro atoms. The van der Waals surface area contributed by atoms with E-state index in [1.54, 1.807) is 32.2 Å². The molecule has 0 radical (unpaired) electrons. The lowest BCUT2D eigenvalue weighted by Crippen LogP contribution is -2.35. The molecule has 1 unspecified atom stereocenters. The van der Waals surface area contributed by atoms with Gasteiger partial charge in [-0.1, -0.05) is 23.4 Å². The largest absolute Gasteiger partial charge is 0.496 e. The molecule has 0 aliphatic heterocycles. The molecule has 3 rings (SSSR count). The van der Waals surface area contributed by atoms with Gasteiger partial charge in [-0.25, -0.2) is 4.39 Å². The molecule has 30 heavy (non-hydrogen) atoms. The summed E-state index contributed by atoms with van der Waals surface area (Å²) in [5.41, 5.74) is 4.32. The number of hydrogen-bond donors (Lipinski definition) is 2. The number of amides is 1. The predicted molar refractivity (Wildman–Crippen MR) is 112 cm³/mol. The van der Waals surface area contributed by atoms with Crippen LogP contribution in [0.5, 0.6) is 5.75 Å².